The predicted molar refractivity (Wildman–Crippen MR) is 122 cm³/mol. The van der Waals surface area contributed by atoms with Gasteiger partial charge in [0, 0.05) is 49.7 Å². The van der Waals surface area contributed by atoms with Gasteiger partial charge in [0.25, 0.3) is 0 Å². The lowest BCUT2D eigenvalue weighted by molar-refractivity contribution is -0.125. The van der Waals surface area contributed by atoms with Crippen LogP contribution in [0.4, 0.5) is 5.82 Å². The molecule has 3 aromatic rings. The van der Waals surface area contributed by atoms with E-state index in [1.165, 1.54) is 0 Å². The lowest BCUT2D eigenvalue weighted by atomic mass is 10.1. The van der Waals surface area contributed by atoms with Gasteiger partial charge in [0.05, 0.1) is 12.1 Å². The van der Waals surface area contributed by atoms with E-state index in [2.05, 4.69) is 38.4 Å². The fourth-order valence-electron chi connectivity index (χ4n) is 3.64. The van der Waals surface area contributed by atoms with Crippen LogP contribution in [0.25, 0.3) is 17.0 Å². The SMILES string of the molecule is CN(Cc1cc2ccccc2n1C)C(=O)C=Cc1cnc2c(c1)CNC(C)(C)C(=O)N2. The summed E-state index contributed by atoms with van der Waals surface area (Å²) in [7, 11) is 3.81. The molecule has 1 aliphatic rings. The second-order valence-corrected chi connectivity index (χ2v) is 8.49. The van der Waals surface area contributed by atoms with E-state index >= 15 is 0 Å². The Labute approximate surface area is 181 Å². The van der Waals surface area contributed by atoms with Crippen LogP contribution in [0, 0.1) is 0 Å². The molecule has 31 heavy (non-hydrogen) atoms. The van der Waals surface area contributed by atoms with E-state index in [-0.39, 0.29) is 11.8 Å². The summed E-state index contributed by atoms with van der Waals surface area (Å²) in [5, 5.41) is 7.24. The van der Waals surface area contributed by atoms with Crippen molar-refractivity contribution in [2.75, 3.05) is 12.4 Å². The highest BCUT2D eigenvalue weighted by atomic mass is 16.2. The van der Waals surface area contributed by atoms with Crippen molar-refractivity contribution in [1.29, 1.82) is 0 Å². The molecule has 0 fully saturated rings. The zero-order valence-electron chi connectivity index (χ0n) is 18.3. The molecular formula is C24H27N5O2. The number of fused-ring (bicyclic) bond motifs is 2. The van der Waals surface area contributed by atoms with Gasteiger partial charge in [-0.15, -0.1) is 0 Å². The van der Waals surface area contributed by atoms with Crippen LogP contribution in [0.5, 0.6) is 0 Å². The van der Waals surface area contributed by atoms with E-state index in [1.807, 2.05) is 39.1 Å². The maximum atomic E-state index is 12.7. The number of nitrogens with one attached hydrogen (secondary N) is 2. The molecule has 1 aliphatic heterocycles. The van der Waals surface area contributed by atoms with Crippen LogP contribution in [0.3, 0.4) is 0 Å². The van der Waals surface area contributed by atoms with Crippen molar-refractivity contribution in [3.05, 3.63) is 65.5 Å². The quantitative estimate of drug-likeness (QED) is 0.640. The van der Waals surface area contributed by atoms with Gasteiger partial charge in [-0.05, 0) is 49.1 Å². The number of carbonyl (C=O) groups is 2. The third-order valence-electron chi connectivity index (χ3n) is 5.75. The van der Waals surface area contributed by atoms with Crippen molar-refractivity contribution >= 4 is 34.6 Å². The number of anilines is 1. The molecule has 0 aliphatic carbocycles. The van der Waals surface area contributed by atoms with Gasteiger partial charge < -0.3 is 14.8 Å². The number of carbonyl (C=O) groups excluding carboxylic acids is 2. The largest absolute Gasteiger partial charge is 0.346 e. The Kier molecular flexibility index (Phi) is 5.37. The molecular weight excluding hydrogens is 390 g/mol. The van der Waals surface area contributed by atoms with Gasteiger partial charge in [-0.2, -0.15) is 0 Å². The minimum atomic E-state index is -0.670. The summed E-state index contributed by atoms with van der Waals surface area (Å²) >= 11 is 0. The average Bonchev–Trinajstić information content (AvgIpc) is 3.00. The van der Waals surface area contributed by atoms with Crippen LogP contribution in [0.1, 0.15) is 30.7 Å². The van der Waals surface area contributed by atoms with Crippen LogP contribution < -0.4 is 10.6 Å². The Morgan fingerprint density at radius 3 is 2.84 bits per heavy atom. The van der Waals surface area contributed by atoms with Gasteiger partial charge in [0.2, 0.25) is 11.8 Å². The van der Waals surface area contributed by atoms with Gasteiger partial charge in [-0.1, -0.05) is 18.2 Å². The van der Waals surface area contributed by atoms with Crippen molar-refractivity contribution in [3.63, 3.8) is 0 Å². The molecule has 7 heteroatoms. The molecule has 2 N–H and O–H groups in total. The number of aromatic nitrogens is 2. The number of pyridine rings is 1. The van der Waals surface area contributed by atoms with E-state index in [0.717, 1.165) is 27.7 Å². The second-order valence-electron chi connectivity index (χ2n) is 8.49. The maximum Gasteiger partial charge on any atom is 0.246 e. The van der Waals surface area contributed by atoms with E-state index in [9.17, 15) is 9.59 Å². The molecule has 0 unspecified atom stereocenters. The van der Waals surface area contributed by atoms with Crippen LogP contribution in [-0.4, -0.2) is 38.9 Å². The van der Waals surface area contributed by atoms with Crippen molar-refractivity contribution in [1.82, 2.24) is 19.8 Å². The smallest absolute Gasteiger partial charge is 0.246 e. The number of hydrogen-bond acceptors (Lipinski definition) is 4. The molecule has 2 amide bonds. The highest BCUT2D eigenvalue weighted by Gasteiger charge is 2.30. The molecule has 0 atom stereocenters. The molecule has 0 saturated carbocycles. The fourth-order valence-corrected chi connectivity index (χ4v) is 3.64. The normalized spacial score (nSPS) is 15.5. The summed E-state index contributed by atoms with van der Waals surface area (Å²) in [5.74, 6) is 0.347. The molecule has 0 radical (unpaired) electrons. The molecule has 2 aromatic heterocycles. The van der Waals surface area contributed by atoms with E-state index in [0.29, 0.717) is 18.9 Å². The summed E-state index contributed by atoms with van der Waals surface area (Å²) in [6.45, 7) is 4.70. The van der Waals surface area contributed by atoms with E-state index in [1.54, 1.807) is 30.3 Å². The van der Waals surface area contributed by atoms with E-state index < -0.39 is 5.54 Å². The fraction of sp³-hybridized carbons (Fsp3) is 0.292. The number of para-hydroxylation sites is 1. The van der Waals surface area contributed by atoms with Crippen LogP contribution in [-0.2, 0) is 29.7 Å². The second kappa shape index (κ2) is 8.00. The number of nitrogens with zero attached hydrogens (tertiary/aromatic N) is 3. The van der Waals surface area contributed by atoms with Gasteiger partial charge in [-0.3, -0.25) is 14.9 Å². The Hall–Kier alpha value is -3.45. The minimum absolute atomic E-state index is 0.0900. The third kappa shape index (κ3) is 4.22. The van der Waals surface area contributed by atoms with Crippen LogP contribution in [0.15, 0.2) is 48.7 Å². The van der Waals surface area contributed by atoms with Crippen molar-refractivity contribution in [3.8, 4) is 0 Å². The minimum Gasteiger partial charge on any atom is -0.346 e. The summed E-state index contributed by atoms with van der Waals surface area (Å²) in [6.07, 6.45) is 4.97. The molecule has 4 rings (SSSR count). The molecule has 0 bridgehead atoms. The lowest BCUT2D eigenvalue weighted by Gasteiger charge is -2.21. The first-order chi connectivity index (χ1) is 14.7. The maximum absolute atomic E-state index is 12.7. The summed E-state index contributed by atoms with van der Waals surface area (Å²) in [4.78, 5) is 30.9. The zero-order valence-corrected chi connectivity index (χ0v) is 18.3. The number of aryl methyl sites for hydroxylation is 1. The average molecular weight is 418 g/mol. The molecule has 3 heterocycles. The molecule has 160 valence electrons. The number of hydrogen-bond donors (Lipinski definition) is 2. The Morgan fingerprint density at radius 2 is 2.06 bits per heavy atom. The van der Waals surface area contributed by atoms with Crippen LogP contribution in [0.2, 0.25) is 0 Å². The van der Waals surface area contributed by atoms with Gasteiger partial charge >= 0.3 is 0 Å². The monoisotopic (exact) mass is 417 g/mol. The van der Waals surface area contributed by atoms with Crippen LogP contribution >= 0.6 is 0 Å². The topological polar surface area (TPSA) is 79.3 Å². The highest BCUT2D eigenvalue weighted by Crippen LogP contribution is 2.22. The first-order valence-electron chi connectivity index (χ1n) is 10.3. The lowest BCUT2D eigenvalue weighted by Crippen LogP contribution is -2.47. The molecule has 1 aromatic carbocycles. The number of rotatable bonds is 4. The Balaban J connectivity index is 1.46. The summed E-state index contributed by atoms with van der Waals surface area (Å²) in [6, 6.07) is 12.2. The summed E-state index contributed by atoms with van der Waals surface area (Å²) < 4.78 is 2.11. The number of amides is 2. The zero-order chi connectivity index (χ0) is 22.2. The van der Waals surface area contributed by atoms with E-state index in [4.69, 9.17) is 0 Å². The number of likely N-dealkylation sites (N-methyl/N-ethyl adjacent to an activating group) is 1. The molecule has 0 spiro atoms. The van der Waals surface area contributed by atoms with Gasteiger partial charge in [-0.25, -0.2) is 4.98 Å². The molecule has 0 saturated heterocycles. The first-order valence-corrected chi connectivity index (χ1v) is 10.3. The van der Waals surface area contributed by atoms with Crippen molar-refractivity contribution in [2.24, 2.45) is 7.05 Å². The van der Waals surface area contributed by atoms with Gasteiger partial charge in [0.15, 0.2) is 0 Å². The predicted octanol–water partition coefficient (Wildman–Crippen LogP) is 3.07. The highest BCUT2D eigenvalue weighted by molar-refractivity contribution is 5.98. The Bertz CT molecular complexity index is 1190. The standard InChI is InChI=1S/C24H27N5O2/c1-24(2)23(31)27-22-18(14-26-24)11-16(13-25-22)9-10-21(30)28(3)15-19-12-17-7-5-6-8-20(17)29(19)4/h5-13,26H,14-15H2,1-4H3,(H,25,27,31). The molecule has 7 nitrogen and oxygen atoms in total. The van der Waals surface area contributed by atoms with Crippen molar-refractivity contribution in [2.45, 2.75) is 32.5 Å². The Morgan fingerprint density at radius 1 is 1.29 bits per heavy atom. The van der Waals surface area contributed by atoms with Gasteiger partial charge in [0.1, 0.15) is 5.82 Å². The third-order valence-corrected chi connectivity index (χ3v) is 5.75. The first kappa shape index (κ1) is 20.8. The van der Waals surface area contributed by atoms with Crippen molar-refractivity contribution < 1.29 is 9.59 Å². The number of benzene rings is 1. The summed E-state index contributed by atoms with van der Waals surface area (Å²) in [5.41, 5.74) is 3.24.